The van der Waals surface area contributed by atoms with Crippen molar-refractivity contribution in [1.82, 2.24) is 4.13 Å². The van der Waals surface area contributed by atoms with Gasteiger partial charge in [0.25, 0.3) is 10.0 Å². The molecule has 0 radical (unpaired) electrons. The highest BCUT2D eigenvalue weighted by Gasteiger charge is 2.24. The van der Waals surface area contributed by atoms with E-state index in [0.717, 1.165) is 10.2 Å². The van der Waals surface area contributed by atoms with Crippen molar-refractivity contribution in [3.05, 3.63) is 24.5 Å². The molecule has 0 spiro atoms. The number of halogens is 1. The van der Waals surface area contributed by atoms with Crippen LogP contribution in [0.2, 0.25) is 0 Å². The molecule has 1 aromatic rings. The van der Waals surface area contributed by atoms with Gasteiger partial charge in [0.05, 0.1) is 0 Å². The maximum absolute atomic E-state index is 12.1. The van der Waals surface area contributed by atoms with Gasteiger partial charge in [-0.2, -0.15) is 8.42 Å². The van der Waals surface area contributed by atoms with Crippen molar-refractivity contribution >= 4 is 26.5 Å². The Morgan fingerprint density at radius 1 is 1.33 bits per heavy atom. The van der Waals surface area contributed by atoms with E-state index in [9.17, 15) is 20.7 Å². The van der Waals surface area contributed by atoms with E-state index >= 15 is 0 Å². The zero-order chi connectivity index (χ0) is 11.7. The Hall–Kier alpha value is -1.19. The SMILES string of the molecule is C=Cc1ccc(S(=O)(=O)NS(=O)(=O)F)o1. The fraction of sp³-hybridized carbons (Fsp3) is 0. The van der Waals surface area contributed by atoms with Crippen molar-refractivity contribution < 1.29 is 25.1 Å². The summed E-state index contributed by atoms with van der Waals surface area (Å²) in [4.78, 5) is 0. The molecular weight excluding hydrogens is 249 g/mol. The molecule has 0 aromatic carbocycles. The normalized spacial score (nSPS) is 12.6. The van der Waals surface area contributed by atoms with Crippen LogP contribution in [0.25, 0.3) is 6.08 Å². The first-order chi connectivity index (χ1) is 6.74. The lowest BCUT2D eigenvalue weighted by Gasteiger charge is -1.97. The standard InChI is InChI=1S/C6H6FNO5S2/c1-2-5-3-4-6(13-5)14(9,10)8-15(7,11)12/h2-4,8H,1H2. The molecule has 15 heavy (non-hydrogen) atoms. The summed E-state index contributed by atoms with van der Waals surface area (Å²) in [6.07, 6.45) is 1.21. The first-order valence-corrected chi connectivity index (χ1v) is 6.32. The van der Waals surface area contributed by atoms with Crippen LogP contribution >= 0.6 is 0 Å². The van der Waals surface area contributed by atoms with E-state index in [1.165, 1.54) is 12.1 Å². The number of nitrogens with one attached hydrogen (secondary N) is 1. The third-order valence-electron chi connectivity index (χ3n) is 1.28. The van der Waals surface area contributed by atoms with Crippen LogP contribution in [0.5, 0.6) is 0 Å². The molecule has 1 N–H and O–H groups in total. The predicted molar refractivity (Wildman–Crippen MR) is 49.1 cm³/mol. The summed E-state index contributed by atoms with van der Waals surface area (Å²) in [7, 11) is -9.89. The van der Waals surface area contributed by atoms with Gasteiger partial charge < -0.3 is 4.42 Å². The Kier molecular flexibility index (Phi) is 2.98. The lowest BCUT2D eigenvalue weighted by atomic mass is 10.5. The van der Waals surface area contributed by atoms with E-state index in [1.807, 2.05) is 0 Å². The van der Waals surface area contributed by atoms with Gasteiger partial charge in [-0.3, -0.25) is 0 Å². The average Bonchev–Trinajstić information content (AvgIpc) is 2.47. The number of sulfonamides is 1. The third kappa shape index (κ3) is 3.15. The molecule has 0 saturated heterocycles. The molecule has 9 heteroatoms. The summed E-state index contributed by atoms with van der Waals surface area (Å²) < 4.78 is 59.9. The van der Waals surface area contributed by atoms with Gasteiger partial charge in [0.1, 0.15) is 5.76 Å². The first-order valence-electron chi connectivity index (χ1n) is 3.45. The molecule has 1 heterocycles. The molecule has 1 rings (SSSR count). The summed E-state index contributed by atoms with van der Waals surface area (Å²) in [6, 6.07) is 2.22. The van der Waals surface area contributed by atoms with Gasteiger partial charge in [-0.05, 0) is 18.2 Å². The van der Waals surface area contributed by atoms with Crippen LogP contribution in [-0.2, 0) is 20.4 Å². The van der Waals surface area contributed by atoms with Gasteiger partial charge in [-0.15, -0.1) is 0 Å². The lowest BCUT2D eigenvalue weighted by molar-refractivity contribution is 0.441. The third-order valence-corrected chi connectivity index (χ3v) is 3.70. The van der Waals surface area contributed by atoms with Gasteiger partial charge >= 0.3 is 10.4 Å². The van der Waals surface area contributed by atoms with Crippen molar-refractivity contribution in [1.29, 1.82) is 0 Å². The summed E-state index contributed by atoms with van der Waals surface area (Å²) in [5.74, 6) is 0.117. The molecule has 0 aliphatic rings. The monoisotopic (exact) mass is 255 g/mol. The van der Waals surface area contributed by atoms with Crippen LogP contribution in [0, 0.1) is 0 Å². The molecule has 0 aliphatic heterocycles. The summed E-state index contributed by atoms with van der Waals surface area (Å²) in [5.41, 5.74) is 0. The van der Waals surface area contributed by atoms with Crippen molar-refractivity contribution in [3.63, 3.8) is 0 Å². The minimum absolute atomic E-state index is 0.117. The van der Waals surface area contributed by atoms with Crippen molar-refractivity contribution in [2.45, 2.75) is 5.09 Å². The zero-order valence-electron chi connectivity index (χ0n) is 7.17. The van der Waals surface area contributed by atoms with Gasteiger partial charge in [0.2, 0.25) is 5.09 Å². The molecule has 6 nitrogen and oxygen atoms in total. The Morgan fingerprint density at radius 3 is 2.33 bits per heavy atom. The quantitative estimate of drug-likeness (QED) is 0.787. The van der Waals surface area contributed by atoms with Gasteiger partial charge in [0, 0.05) is 0 Å². The minimum atomic E-state index is -5.35. The Labute approximate surface area is 85.8 Å². The van der Waals surface area contributed by atoms with E-state index in [4.69, 9.17) is 0 Å². The topological polar surface area (TPSA) is 93.5 Å². The first kappa shape index (κ1) is 11.9. The van der Waals surface area contributed by atoms with Crippen molar-refractivity contribution in [2.75, 3.05) is 0 Å². The van der Waals surface area contributed by atoms with Crippen LogP contribution < -0.4 is 4.13 Å². The Morgan fingerprint density at radius 2 is 1.93 bits per heavy atom. The second-order valence-corrected chi connectivity index (χ2v) is 5.34. The summed E-state index contributed by atoms with van der Waals surface area (Å²) in [5, 5.41) is -0.710. The molecule has 84 valence electrons. The minimum Gasteiger partial charge on any atom is -0.444 e. The molecule has 0 aliphatic carbocycles. The largest absolute Gasteiger partial charge is 0.444 e. The molecular formula is C6H6FNO5S2. The molecule has 0 atom stereocenters. The molecule has 0 bridgehead atoms. The predicted octanol–water partition coefficient (Wildman–Crippen LogP) is 0.415. The zero-order valence-corrected chi connectivity index (χ0v) is 8.81. The van der Waals surface area contributed by atoms with Crippen molar-refractivity contribution in [3.8, 4) is 0 Å². The fourth-order valence-corrected chi connectivity index (χ4v) is 2.59. The maximum Gasteiger partial charge on any atom is 0.385 e. The molecule has 0 fully saturated rings. The van der Waals surface area contributed by atoms with Gasteiger partial charge in [0.15, 0.2) is 0 Å². The van der Waals surface area contributed by atoms with Gasteiger partial charge in [-0.1, -0.05) is 14.6 Å². The lowest BCUT2D eigenvalue weighted by Crippen LogP contribution is -2.26. The van der Waals surface area contributed by atoms with Crippen LogP contribution in [0.15, 0.2) is 28.2 Å². The summed E-state index contributed by atoms with van der Waals surface area (Å²) >= 11 is 0. The number of hydrogen-bond donors (Lipinski definition) is 1. The van der Waals surface area contributed by atoms with Crippen LogP contribution in [-0.4, -0.2) is 16.8 Å². The van der Waals surface area contributed by atoms with E-state index in [0.29, 0.717) is 0 Å². The average molecular weight is 255 g/mol. The smallest absolute Gasteiger partial charge is 0.385 e. The van der Waals surface area contributed by atoms with E-state index in [1.54, 1.807) is 0 Å². The molecule has 0 amide bonds. The number of rotatable bonds is 4. The summed E-state index contributed by atoms with van der Waals surface area (Å²) in [6.45, 7) is 3.30. The van der Waals surface area contributed by atoms with Gasteiger partial charge in [-0.25, -0.2) is 8.42 Å². The highest BCUT2D eigenvalue weighted by atomic mass is 32.3. The Bertz CT molecular complexity index is 570. The molecule has 0 saturated carbocycles. The molecule has 0 unspecified atom stereocenters. The second kappa shape index (κ2) is 3.76. The van der Waals surface area contributed by atoms with Crippen LogP contribution in [0.3, 0.4) is 0 Å². The highest BCUT2D eigenvalue weighted by Crippen LogP contribution is 2.15. The van der Waals surface area contributed by atoms with Crippen LogP contribution in [0.4, 0.5) is 3.89 Å². The Balaban J connectivity index is 3.12. The van der Waals surface area contributed by atoms with E-state index in [2.05, 4.69) is 11.0 Å². The molecule has 1 aromatic heterocycles. The number of furan rings is 1. The maximum atomic E-state index is 12.1. The van der Waals surface area contributed by atoms with Crippen LogP contribution in [0.1, 0.15) is 5.76 Å². The van der Waals surface area contributed by atoms with Crippen molar-refractivity contribution in [2.24, 2.45) is 0 Å². The van der Waals surface area contributed by atoms with E-state index < -0.39 is 25.5 Å². The second-order valence-electron chi connectivity index (χ2n) is 2.39. The number of hydrogen-bond acceptors (Lipinski definition) is 5. The highest BCUT2D eigenvalue weighted by molar-refractivity contribution is 8.02. The van der Waals surface area contributed by atoms with E-state index in [-0.39, 0.29) is 5.76 Å². The fourth-order valence-electron chi connectivity index (χ4n) is 0.761.